The number of aliphatic carboxylic acids is 3. The van der Waals surface area contributed by atoms with Gasteiger partial charge in [0.15, 0.2) is 12.6 Å². The Bertz CT molecular complexity index is 1020. The zero-order chi connectivity index (χ0) is 34.6. The van der Waals surface area contributed by atoms with Crippen molar-refractivity contribution in [2.45, 2.75) is 115 Å². The van der Waals surface area contributed by atoms with Crippen molar-refractivity contribution in [1.29, 1.82) is 0 Å². The summed E-state index contributed by atoms with van der Waals surface area (Å²) < 4.78 is 27.6. The van der Waals surface area contributed by atoms with E-state index in [2.05, 4.69) is 10.9 Å². The van der Waals surface area contributed by atoms with E-state index in [-0.39, 0.29) is 88.7 Å². The Morgan fingerprint density at radius 2 is 1.25 bits per heavy atom. The molecule has 2 rings (SSSR count). The fourth-order valence-electron chi connectivity index (χ4n) is 5.49. The predicted octanol–water partition coefficient (Wildman–Crippen LogP) is -16.7. The van der Waals surface area contributed by atoms with Crippen molar-refractivity contribution in [3.05, 3.63) is 0 Å². The summed E-state index contributed by atoms with van der Waals surface area (Å²) >= 11 is 0. The molecule has 0 aliphatic carbocycles. The Kier molecular flexibility index (Phi) is 22.9. The van der Waals surface area contributed by atoms with Crippen LogP contribution in [0.15, 0.2) is 0 Å². The summed E-state index contributed by atoms with van der Waals surface area (Å²) in [7, 11) is 0. The first-order valence-electron chi connectivity index (χ1n) is 14.2. The number of carboxylic acid groups (broad SMARTS) is 3. The molecule has 0 aromatic heterocycles. The quantitative estimate of drug-likeness (QED) is 0.0469. The van der Waals surface area contributed by atoms with Crippen molar-refractivity contribution >= 4 is 17.9 Å². The molecule has 48 heavy (non-hydrogen) atoms. The van der Waals surface area contributed by atoms with Crippen LogP contribution < -0.4 is 127 Å². The van der Waals surface area contributed by atoms with E-state index in [0.29, 0.717) is 0 Å². The monoisotopic (exact) mass is 722 g/mol. The van der Waals surface area contributed by atoms with Gasteiger partial charge in [0.2, 0.25) is 0 Å². The fraction of sp³-hybridized carbons (Fsp3) is 0.885. The number of hydrazine groups is 2. The van der Waals surface area contributed by atoms with Crippen LogP contribution in [0.3, 0.4) is 0 Å². The van der Waals surface area contributed by atoms with Gasteiger partial charge in [-0.15, -0.1) is 0 Å². The zero-order valence-corrected chi connectivity index (χ0v) is 34.9. The minimum absolute atomic E-state index is 0. The van der Waals surface area contributed by atoms with Crippen molar-refractivity contribution in [2.75, 3.05) is 13.1 Å². The number of carbonyl (C=O) groups is 3. The molecule has 0 spiro atoms. The summed E-state index contributed by atoms with van der Waals surface area (Å²) in [4.78, 5) is 36.4. The SMILES string of the molecule is CC(C)(C)O[C@@H]1OC(C(=O)[O-])[C@@H](C(CNN)OC(C(=O)[O-])C(CNN)O[C@@H]2OC(C(=O)[O-])[C@@H](C(C)(C)C)[C@H](O)C2O)[C@H](O)C1O.[Na+].[Na+].[Na+]. The zero-order valence-electron chi connectivity index (χ0n) is 28.9. The third-order valence-corrected chi connectivity index (χ3v) is 7.46. The maximum atomic E-state index is 12.4. The summed E-state index contributed by atoms with van der Waals surface area (Å²) in [6.45, 7) is 8.41. The van der Waals surface area contributed by atoms with Gasteiger partial charge in [-0.25, -0.2) is 0 Å². The summed E-state index contributed by atoms with van der Waals surface area (Å²) in [5.74, 6) is 2.36. The van der Waals surface area contributed by atoms with Gasteiger partial charge in [0.25, 0.3) is 0 Å². The average Bonchev–Trinajstić information content (AvgIpc) is 2.89. The van der Waals surface area contributed by atoms with E-state index in [9.17, 15) is 50.1 Å². The number of carbonyl (C=O) groups excluding carboxylic acids is 3. The second kappa shape index (κ2) is 21.6. The molecule has 7 unspecified atom stereocenters. The van der Waals surface area contributed by atoms with Crippen LogP contribution in [0.4, 0.5) is 0 Å². The van der Waals surface area contributed by atoms with Gasteiger partial charge in [-0.1, -0.05) is 20.8 Å². The molecule has 2 saturated heterocycles. The number of hydrogen-bond donors (Lipinski definition) is 8. The summed E-state index contributed by atoms with van der Waals surface area (Å²) in [6, 6.07) is 0. The molecule has 2 aliphatic heterocycles. The fourth-order valence-corrected chi connectivity index (χ4v) is 5.49. The van der Waals surface area contributed by atoms with E-state index < -0.39 is 121 Å². The molecular formula is C26H45N4Na3O15. The van der Waals surface area contributed by atoms with Crippen molar-refractivity contribution in [3.8, 4) is 0 Å². The number of carboxylic acids is 3. The standard InChI is InChI=1S/C26H48N4O15.3Na/c1-25(2,3)12-14(32)16(34)23(44-19(12)22(39)40)42-10(8-30-28)17(20(35)36)41-9(7-29-27)11-13(31)15(33)24(45-26(4,5)6)43-18(11)21(37)38;;;/h9-19,23-24,29-34H,7-8,27-28H2,1-6H3,(H,35,36)(H,37,38)(H,39,40);;;/q;3*+1/p-3/t9?,10?,11-,12-,13-,14-,15?,16?,17?,18?,19?,23+,24-;;;/m0.../s1. The molecule has 13 atom stereocenters. The van der Waals surface area contributed by atoms with Crippen LogP contribution in [0.5, 0.6) is 0 Å². The van der Waals surface area contributed by atoms with E-state index in [1.807, 2.05) is 0 Å². The summed E-state index contributed by atoms with van der Waals surface area (Å²) in [5.41, 5.74) is 2.45. The van der Waals surface area contributed by atoms with Gasteiger partial charge in [0, 0.05) is 24.9 Å². The molecule has 0 aromatic carbocycles. The van der Waals surface area contributed by atoms with Gasteiger partial charge in [-0.3, -0.25) is 22.5 Å². The maximum Gasteiger partial charge on any atom is 1.00 e. The number of ether oxygens (including phenoxy) is 5. The molecule has 19 nitrogen and oxygen atoms in total. The predicted molar refractivity (Wildman–Crippen MR) is 142 cm³/mol. The van der Waals surface area contributed by atoms with Crippen LogP contribution >= 0.6 is 0 Å². The van der Waals surface area contributed by atoms with Crippen LogP contribution in [0.25, 0.3) is 0 Å². The van der Waals surface area contributed by atoms with Crippen molar-refractivity contribution in [2.24, 2.45) is 28.9 Å². The first-order valence-corrected chi connectivity index (χ1v) is 14.2. The van der Waals surface area contributed by atoms with Crippen LogP contribution in [0.1, 0.15) is 41.5 Å². The minimum Gasteiger partial charge on any atom is -0.547 e. The Balaban J connectivity index is 0. The molecule has 2 heterocycles. The van der Waals surface area contributed by atoms with Gasteiger partial charge >= 0.3 is 88.7 Å². The number of hydrogen-bond acceptors (Lipinski definition) is 19. The molecule has 2 fully saturated rings. The number of aliphatic hydroxyl groups is 4. The number of rotatable bonds is 14. The first-order chi connectivity index (χ1) is 20.7. The van der Waals surface area contributed by atoms with E-state index >= 15 is 0 Å². The van der Waals surface area contributed by atoms with Gasteiger partial charge in [0.1, 0.15) is 36.6 Å². The number of nitrogens with two attached hydrogens (primary N) is 2. The number of aliphatic hydroxyl groups excluding tert-OH is 4. The second-order valence-electron chi connectivity index (χ2n) is 13.1. The molecule has 0 bridgehead atoms. The molecular weight excluding hydrogens is 677 g/mol. The third kappa shape index (κ3) is 13.4. The molecule has 2 aliphatic rings. The van der Waals surface area contributed by atoms with Crippen molar-refractivity contribution in [3.63, 3.8) is 0 Å². The van der Waals surface area contributed by atoms with Gasteiger partial charge < -0.3 is 73.8 Å². The number of nitrogens with one attached hydrogen (secondary N) is 2. The molecule has 22 heteroatoms. The topological polar surface area (TPSA) is 324 Å². The van der Waals surface area contributed by atoms with E-state index in [1.165, 1.54) is 0 Å². The average molecular weight is 723 g/mol. The Morgan fingerprint density at radius 3 is 1.67 bits per heavy atom. The largest absolute Gasteiger partial charge is 1.00 e. The molecule has 0 saturated carbocycles. The molecule has 0 aromatic rings. The minimum atomic E-state index is -2.22. The smallest absolute Gasteiger partial charge is 0.547 e. The molecule has 0 amide bonds. The van der Waals surface area contributed by atoms with E-state index in [1.54, 1.807) is 41.5 Å². The molecule has 10 N–H and O–H groups in total. The van der Waals surface area contributed by atoms with Gasteiger partial charge in [-0.2, -0.15) is 0 Å². The van der Waals surface area contributed by atoms with Crippen LogP contribution in [-0.4, -0.2) is 125 Å². The van der Waals surface area contributed by atoms with Gasteiger partial charge in [0.05, 0.1) is 41.8 Å². The van der Waals surface area contributed by atoms with Crippen molar-refractivity contribution in [1.82, 2.24) is 10.9 Å². The van der Waals surface area contributed by atoms with Gasteiger partial charge in [-0.05, 0) is 26.2 Å². The van der Waals surface area contributed by atoms with Crippen LogP contribution in [0, 0.1) is 17.3 Å². The van der Waals surface area contributed by atoms with E-state index in [0.717, 1.165) is 0 Å². The summed E-state index contributed by atoms with van der Waals surface area (Å²) in [6.07, 6.45) is -20.6. The Morgan fingerprint density at radius 1 is 0.771 bits per heavy atom. The Hall–Kier alpha value is 0.890. The Labute approximate surface area is 344 Å². The molecule has 262 valence electrons. The maximum absolute atomic E-state index is 12.4. The van der Waals surface area contributed by atoms with E-state index in [4.69, 9.17) is 35.4 Å². The normalized spacial score (nSPS) is 32.8. The molecule has 0 radical (unpaired) electrons. The second-order valence-corrected chi connectivity index (χ2v) is 13.1. The van der Waals surface area contributed by atoms with Crippen molar-refractivity contribution < 1.29 is 162 Å². The van der Waals surface area contributed by atoms with Crippen LogP contribution in [0.2, 0.25) is 0 Å². The first kappa shape index (κ1) is 51.0. The third-order valence-electron chi connectivity index (χ3n) is 7.46. The summed E-state index contributed by atoms with van der Waals surface area (Å²) in [5, 5.41) is 79.7. The van der Waals surface area contributed by atoms with Crippen LogP contribution in [-0.2, 0) is 38.1 Å².